The van der Waals surface area contributed by atoms with Crippen LogP contribution in [0.15, 0.2) is 39.9 Å². The summed E-state index contributed by atoms with van der Waals surface area (Å²) < 4.78 is 20.0. The van der Waals surface area contributed by atoms with Gasteiger partial charge in [-0.05, 0) is 30.4 Å². The van der Waals surface area contributed by atoms with Crippen LogP contribution in [0.3, 0.4) is 0 Å². The number of fused-ring (bicyclic) bond motifs is 1. The summed E-state index contributed by atoms with van der Waals surface area (Å²) in [6.45, 7) is 0.548. The monoisotopic (exact) mass is 337 g/mol. The largest absolute Gasteiger partial charge is 0.493 e. The van der Waals surface area contributed by atoms with Gasteiger partial charge >= 0.3 is 0 Å². The Morgan fingerprint density at radius 2 is 2.36 bits per heavy atom. The first-order chi connectivity index (χ1) is 10.7. The van der Waals surface area contributed by atoms with E-state index in [4.69, 9.17) is 4.74 Å². The highest BCUT2D eigenvalue weighted by atomic mass is 32.2. The topological polar surface area (TPSA) is 38.3 Å². The van der Waals surface area contributed by atoms with E-state index in [9.17, 15) is 9.18 Å². The third-order valence-electron chi connectivity index (χ3n) is 3.42. The minimum Gasteiger partial charge on any atom is -0.493 e. The number of halogens is 1. The summed E-state index contributed by atoms with van der Waals surface area (Å²) in [6.07, 6.45) is 1.63. The fraction of sp³-hybridized carbons (Fsp3) is 0.312. The number of amides is 1. The number of thiophene rings is 1. The highest BCUT2D eigenvalue weighted by Crippen LogP contribution is 2.32. The molecule has 6 heteroatoms. The molecule has 22 heavy (non-hydrogen) atoms. The molecule has 0 bridgehead atoms. The smallest absolute Gasteiger partial charge is 0.230 e. The van der Waals surface area contributed by atoms with Gasteiger partial charge in [0.25, 0.3) is 0 Å². The molecule has 0 fully saturated rings. The maximum atomic E-state index is 13.3. The summed E-state index contributed by atoms with van der Waals surface area (Å²) in [4.78, 5) is 12.2. The fourth-order valence-corrected chi connectivity index (χ4v) is 4.01. The Labute approximate surface area is 136 Å². The van der Waals surface area contributed by atoms with E-state index in [1.807, 2.05) is 17.5 Å². The number of hydrogen-bond acceptors (Lipinski definition) is 4. The van der Waals surface area contributed by atoms with E-state index >= 15 is 0 Å². The van der Waals surface area contributed by atoms with E-state index in [-0.39, 0.29) is 17.8 Å². The third-order valence-corrected chi connectivity index (χ3v) is 5.55. The number of benzene rings is 1. The second-order valence-electron chi connectivity index (χ2n) is 5.01. The molecule has 0 radical (unpaired) electrons. The second-order valence-corrected chi connectivity index (χ2v) is 7.24. The summed E-state index contributed by atoms with van der Waals surface area (Å²) in [7, 11) is 0. The highest BCUT2D eigenvalue weighted by Gasteiger charge is 2.22. The molecule has 3 nitrogen and oxygen atoms in total. The van der Waals surface area contributed by atoms with Crippen molar-refractivity contribution in [2.24, 2.45) is 0 Å². The van der Waals surface area contributed by atoms with Crippen LogP contribution in [0, 0.1) is 5.82 Å². The van der Waals surface area contributed by atoms with Crippen molar-refractivity contribution in [3.8, 4) is 5.75 Å². The van der Waals surface area contributed by atoms with Gasteiger partial charge in [-0.25, -0.2) is 4.39 Å². The van der Waals surface area contributed by atoms with Crippen LogP contribution >= 0.6 is 23.1 Å². The van der Waals surface area contributed by atoms with Crippen LogP contribution in [0.2, 0.25) is 0 Å². The molecule has 0 saturated heterocycles. The summed E-state index contributed by atoms with van der Waals surface area (Å²) in [5, 5.41) is 5.03. The van der Waals surface area contributed by atoms with Crippen LogP contribution < -0.4 is 10.1 Å². The minimum atomic E-state index is -0.320. The average molecular weight is 337 g/mol. The summed E-state index contributed by atoms with van der Waals surface area (Å²) in [6, 6.07) is 8.36. The Morgan fingerprint density at radius 1 is 1.45 bits per heavy atom. The molecule has 1 atom stereocenters. The molecular formula is C16H16FNO2S2. The van der Waals surface area contributed by atoms with Gasteiger partial charge in [-0.1, -0.05) is 12.1 Å². The predicted molar refractivity (Wildman–Crippen MR) is 87.1 cm³/mol. The highest BCUT2D eigenvalue weighted by molar-refractivity contribution is 8.01. The Balaban J connectivity index is 1.65. The maximum absolute atomic E-state index is 13.3. The molecule has 0 saturated carbocycles. The van der Waals surface area contributed by atoms with Crippen LogP contribution in [0.5, 0.6) is 5.75 Å². The van der Waals surface area contributed by atoms with Gasteiger partial charge in [-0.15, -0.1) is 23.1 Å². The molecule has 1 aliphatic rings. The van der Waals surface area contributed by atoms with Crippen LogP contribution in [-0.4, -0.2) is 18.3 Å². The Bertz CT molecular complexity index is 646. The van der Waals surface area contributed by atoms with E-state index in [2.05, 4.69) is 5.32 Å². The van der Waals surface area contributed by atoms with Gasteiger partial charge in [0, 0.05) is 11.6 Å². The SMILES string of the molecule is O=C(CSc1cccs1)NC1CCCOc2cc(F)ccc21. The van der Waals surface area contributed by atoms with Crippen LogP contribution in [0.4, 0.5) is 4.39 Å². The van der Waals surface area contributed by atoms with Crippen LogP contribution in [0.1, 0.15) is 24.4 Å². The van der Waals surface area contributed by atoms with Crippen molar-refractivity contribution in [1.82, 2.24) is 5.32 Å². The number of hydrogen-bond donors (Lipinski definition) is 1. The lowest BCUT2D eigenvalue weighted by Gasteiger charge is -2.18. The lowest BCUT2D eigenvalue weighted by molar-refractivity contribution is -0.119. The van der Waals surface area contributed by atoms with Crippen molar-refractivity contribution >= 4 is 29.0 Å². The molecule has 1 aliphatic heterocycles. The van der Waals surface area contributed by atoms with Crippen molar-refractivity contribution in [2.45, 2.75) is 23.1 Å². The lowest BCUT2D eigenvalue weighted by Crippen LogP contribution is -2.29. The number of rotatable bonds is 4. The third kappa shape index (κ3) is 3.81. The van der Waals surface area contributed by atoms with Gasteiger partial charge < -0.3 is 10.1 Å². The molecule has 0 spiro atoms. The standard InChI is InChI=1S/C16H16FNO2S2/c17-11-5-6-12-13(3-1-7-20-14(12)9-11)18-15(19)10-22-16-4-2-8-21-16/h2,4-6,8-9,13H,1,3,7,10H2,(H,18,19). The van der Waals surface area contributed by atoms with Crippen molar-refractivity contribution in [3.05, 3.63) is 47.1 Å². The van der Waals surface area contributed by atoms with Gasteiger partial charge in [-0.3, -0.25) is 4.79 Å². The molecule has 3 rings (SSSR count). The zero-order valence-electron chi connectivity index (χ0n) is 11.9. The molecule has 1 unspecified atom stereocenters. The van der Waals surface area contributed by atoms with Crippen molar-refractivity contribution < 1.29 is 13.9 Å². The minimum absolute atomic E-state index is 0.0134. The molecule has 1 aromatic carbocycles. The Hall–Kier alpha value is -1.53. The molecule has 1 amide bonds. The summed E-state index contributed by atoms with van der Waals surface area (Å²) in [5.41, 5.74) is 0.855. The Kier molecular flexibility index (Phi) is 5.00. The van der Waals surface area contributed by atoms with E-state index in [1.165, 1.54) is 23.9 Å². The molecule has 2 aromatic rings. The molecule has 0 aliphatic carbocycles. The first kappa shape index (κ1) is 15.4. The number of thioether (sulfide) groups is 1. The van der Waals surface area contributed by atoms with Gasteiger partial charge in [0.2, 0.25) is 5.91 Å². The average Bonchev–Trinajstić information content (AvgIpc) is 2.95. The first-order valence-electron chi connectivity index (χ1n) is 7.10. The lowest BCUT2D eigenvalue weighted by atomic mass is 10.0. The predicted octanol–water partition coefficient (Wildman–Crippen LogP) is 4.01. The van der Waals surface area contributed by atoms with E-state index < -0.39 is 0 Å². The first-order valence-corrected chi connectivity index (χ1v) is 8.97. The number of nitrogens with one attached hydrogen (secondary N) is 1. The number of carbonyl (C=O) groups excluding carboxylic acids is 1. The van der Waals surface area contributed by atoms with Gasteiger partial charge in [-0.2, -0.15) is 0 Å². The van der Waals surface area contributed by atoms with Crippen molar-refractivity contribution in [2.75, 3.05) is 12.4 Å². The summed E-state index contributed by atoms with van der Waals surface area (Å²) in [5.74, 6) is 0.585. The normalized spacial score (nSPS) is 17.2. The van der Waals surface area contributed by atoms with Crippen LogP contribution in [0.25, 0.3) is 0 Å². The molecule has 1 N–H and O–H groups in total. The maximum Gasteiger partial charge on any atom is 0.230 e. The van der Waals surface area contributed by atoms with E-state index in [0.717, 1.165) is 22.6 Å². The van der Waals surface area contributed by atoms with Crippen molar-refractivity contribution in [1.29, 1.82) is 0 Å². The zero-order valence-corrected chi connectivity index (χ0v) is 13.5. The van der Waals surface area contributed by atoms with E-state index in [0.29, 0.717) is 18.1 Å². The molecule has 1 aromatic heterocycles. The molecule has 2 heterocycles. The number of ether oxygens (including phenoxy) is 1. The Morgan fingerprint density at radius 3 is 3.18 bits per heavy atom. The van der Waals surface area contributed by atoms with Crippen LogP contribution in [-0.2, 0) is 4.79 Å². The number of carbonyl (C=O) groups is 1. The van der Waals surface area contributed by atoms with Gasteiger partial charge in [0.15, 0.2) is 0 Å². The summed E-state index contributed by atoms with van der Waals surface area (Å²) >= 11 is 3.15. The van der Waals surface area contributed by atoms with Gasteiger partial charge in [0.05, 0.1) is 22.6 Å². The second kappa shape index (κ2) is 7.15. The zero-order chi connectivity index (χ0) is 15.4. The molecule has 116 valence electrons. The molecular weight excluding hydrogens is 321 g/mol. The van der Waals surface area contributed by atoms with E-state index in [1.54, 1.807) is 17.4 Å². The fourth-order valence-electron chi connectivity index (χ4n) is 2.41. The van der Waals surface area contributed by atoms with Crippen molar-refractivity contribution in [3.63, 3.8) is 0 Å². The quantitative estimate of drug-likeness (QED) is 0.857. The van der Waals surface area contributed by atoms with Gasteiger partial charge in [0.1, 0.15) is 11.6 Å².